The lowest BCUT2D eigenvalue weighted by Crippen LogP contribution is -2.34. The van der Waals surface area contributed by atoms with Gasteiger partial charge in [-0.2, -0.15) is 0 Å². The van der Waals surface area contributed by atoms with Gasteiger partial charge in [0.05, 0.1) is 12.2 Å². The Morgan fingerprint density at radius 2 is 1.83 bits per heavy atom. The molecular weight excluding hydrogens is 466 g/mol. The van der Waals surface area contributed by atoms with Crippen molar-refractivity contribution in [2.75, 3.05) is 25.0 Å². The molecule has 0 atom stereocenters. The number of hydrogen-bond acceptors (Lipinski definition) is 4. The summed E-state index contributed by atoms with van der Waals surface area (Å²) in [5, 5.41) is 5.77. The largest absolute Gasteiger partial charge is 0.493 e. The number of rotatable bonds is 8. The molecule has 0 radical (unpaired) electrons. The first kappa shape index (κ1) is 23.8. The minimum absolute atomic E-state index is 0.0505. The van der Waals surface area contributed by atoms with Gasteiger partial charge in [-0.05, 0) is 68.9 Å². The molecule has 0 aliphatic rings. The van der Waals surface area contributed by atoms with E-state index in [2.05, 4.69) is 26.6 Å². The van der Waals surface area contributed by atoms with Crippen LogP contribution in [-0.4, -0.2) is 41.5 Å². The molecule has 0 fully saturated rings. The summed E-state index contributed by atoms with van der Waals surface area (Å²) in [6.45, 7) is 7.66. The molecule has 2 aromatic rings. The van der Waals surface area contributed by atoms with Crippen molar-refractivity contribution in [3.8, 4) is 5.75 Å². The van der Waals surface area contributed by atoms with Crippen LogP contribution in [-0.2, 0) is 0 Å². The Balaban J connectivity index is 2.09. The van der Waals surface area contributed by atoms with Crippen LogP contribution in [0, 0.1) is 0 Å². The van der Waals surface area contributed by atoms with Crippen LogP contribution in [0.4, 0.5) is 5.69 Å². The zero-order chi connectivity index (χ0) is 22.1. The van der Waals surface area contributed by atoms with Crippen LogP contribution in [0.15, 0.2) is 46.9 Å². The Labute approximate surface area is 191 Å². The van der Waals surface area contributed by atoms with Crippen LogP contribution < -0.4 is 15.4 Å². The van der Waals surface area contributed by atoms with Gasteiger partial charge in [0.2, 0.25) is 0 Å². The number of halogens is 1. The fourth-order valence-electron chi connectivity index (χ4n) is 2.77. The van der Waals surface area contributed by atoms with Crippen LogP contribution in [0.3, 0.4) is 0 Å². The summed E-state index contributed by atoms with van der Waals surface area (Å²) >= 11 is 8.67. The Morgan fingerprint density at radius 3 is 2.50 bits per heavy atom. The molecule has 0 unspecified atom stereocenters. The van der Waals surface area contributed by atoms with E-state index < -0.39 is 0 Å². The number of carbonyl (C=O) groups is 2. The topological polar surface area (TPSA) is 70.7 Å². The van der Waals surface area contributed by atoms with Gasteiger partial charge in [0.1, 0.15) is 5.75 Å². The Kier molecular flexibility index (Phi) is 9.26. The van der Waals surface area contributed by atoms with Gasteiger partial charge in [0, 0.05) is 28.8 Å². The summed E-state index contributed by atoms with van der Waals surface area (Å²) in [5.74, 6) is 0.0629. The third-order valence-corrected chi connectivity index (χ3v) is 4.99. The van der Waals surface area contributed by atoms with Gasteiger partial charge in [0.15, 0.2) is 5.11 Å². The molecule has 0 heterocycles. The third-order valence-electron chi connectivity index (χ3n) is 4.29. The van der Waals surface area contributed by atoms with Gasteiger partial charge in [-0.3, -0.25) is 14.9 Å². The highest BCUT2D eigenvalue weighted by Crippen LogP contribution is 2.23. The number of thiocarbonyl (C=S) groups is 1. The molecule has 0 saturated carbocycles. The van der Waals surface area contributed by atoms with Crippen molar-refractivity contribution in [3.05, 3.63) is 58.1 Å². The lowest BCUT2D eigenvalue weighted by atomic mass is 10.1. The number of amides is 2. The van der Waals surface area contributed by atoms with Gasteiger partial charge in [-0.25, -0.2) is 0 Å². The number of nitrogens with zero attached hydrogens (tertiary/aromatic N) is 1. The predicted octanol–water partition coefficient (Wildman–Crippen LogP) is 4.85. The zero-order valence-corrected chi connectivity index (χ0v) is 19.7. The maximum Gasteiger partial charge on any atom is 0.261 e. The van der Waals surface area contributed by atoms with E-state index in [0.29, 0.717) is 42.3 Å². The Bertz CT molecular complexity index is 916. The van der Waals surface area contributed by atoms with Crippen LogP contribution in [0.25, 0.3) is 0 Å². The second kappa shape index (κ2) is 11.7. The van der Waals surface area contributed by atoms with Crippen LogP contribution >= 0.6 is 28.1 Å². The van der Waals surface area contributed by atoms with E-state index in [1.807, 2.05) is 26.8 Å². The summed E-state index contributed by atoms with van der Waals surface area (Å²) in [5.41, 5.74) is 1.56. The SMILES string of the molecule is CCCOc1ccc(Br)cc1C(=O)NC(=S)Nc1cccc(C(=O)N(CC)CC)c1. The smallest absolute Gasteiger partial charge is 0.261 e. The number of carbonyl (C=O) groups excluding carboxylic acids is 2. The molecule has 160 valence electrons. The number of benzene rings is 2. The molecule has 0 aliphatic heterocycles. The van der Waals surface area contributed by atoms with E-state index in [1.165, 1.54) is 0 Å². The molecule has 0 aliphatic carbocycles. The second-order valence-corrected chi connectivity index (χ2v) is 7.78. The minimum Gasteiger partial charge on any atom is -0.493 e. The monoisotopic (exact) mass is 491 g/mol. The molecule has 8 heteroatoms. The van der Waals surface area contributed by atoms with Crippen molar-refractivity contribution in [2.24, 2.45) is 0 Å². The predicted molar refractivity (Wildman–Crippen MR) is 127 cm³/mol. The van der Waals surface area contributed by atoms with Gasteiger partial charge in [-0.1, -0.05) is 28.9 Å². The van der Waals surface area contributed by atoms with Crippen molar-refractivity contribution in [1.29, 1.82) is 0 Å². The average Bonchev–Trinajstić information content (AvgIpc) is 2.73. The van der Waals surface area contributed by atoms with Crippen LogP contribution in [0.5, 0.6) is 5.75 Å². The summed E-state index contributed by atoms with van der Waals surface area (Å²) in [7, 11) is 0. The molecule has 2 amide bonds. The van der Waals surface area contributed by atoms with Crippen LogP contribution in [0.1, 0.15) is 47.9 Å². The second-order valence-electron chi connectivity index (χ2n) is 6.46. The highest BCUT2D eigenvalue weighted by atomic mass is 79.9. The van der Waals surface area contributed by atoms with E-state index in [0.717, 1.165) is 10.9 Å². The van der Waals surface area contributed by atoms with E-state index in [4.69, 9.17) is 17.0 Å². The number of hydrogen-bond donors (Lipinski definition) is 2. The van der Waals surface area contributed by atoms with Gasteiger partial charge in [0.25, 0.3) is 11.8 Å². The summed E-state index contributed by atoms with van der Waals surface area (Å²) in [4.78, 5) is 27.0. The molecule has 2 rings (SSSR count). The first-order valence-corrected chi connectivity index (χ1v) is 11.0. The zero-order valence-electron chi connectivity index (χ0n) is 17.3. The molecule has 0 bridgehead atoms. The Morgan fingerprint density at radius 1 is 1.10 bits per heavy atom. The van der Waals surface area contributed by atoms with Gasteiger partial charge < -0.3 is 15.0 Å². The van der Waals surface area contributed by atoms with Crippen molar-refractivity contribution < 1.29 is 14.3 Å². The summed E-state index contributed by atoms with van der Waals surface area (Å²) < 4.78 is 6.42. The average molecular weight is 492 g/mol. The van der Waals surface area contributed by atoms with E-state index in [9.17, 15) is 9.59 Å². The highest BCUT2D eigenvalue weighted by molar-refractivity contribution is 9.10. The molecule has 0 saturated heterocycles. The van der Waals surface area contributed by atoms with Gasteiger partial charge >= 0.3 is 0 Å². The van der Waals surface area contributed by atoms with E-state index in [-0.39, 0.29) is 16.9 Å². The maximum absolute atomic E-state index is 12.7. The number of anilines is 1. The lowest BCUT2D eigenvalue weighted by molar-refractivity contribution is 0.0772. The Hall–Kier alpha value is -2.45. The van der Waals surface area contributed by atoms with Crippen LogP contribution in [0.2, 0.25) is 0 Å². The fraction of sp³-hybridized carbons (Fsp3) is 0.318. The number of nitrogens with one attached hydrogen (secondary N) is 2. The molecular formula is C22H26BrN3O3S. The summed E-state index contributed by atoms with van der Waals surface area (Å²) in [6, 6.07) is 12.3. The fourth-order valence-corrected chi connectivity index (χ4v) is 3.35. The lowest BCUT2D eigenvalue weighted by Gasteiger charge is -2.19. The number of ether oxygens (including phenoxy) is 1. The molecule has 0 aromatic heterocycles. The van der Waals surface area contributed by atoms with Crippen molar-refractivity contribution in [1.82, 2.24) is 10.2 Å². The molecule has 30 heavy (non-hydrogen) atoms. The quantitative estimate of drug-likeness (QED) is 0.516. The standard InChI is InChI=1S/C22H26BrN3O3S/c1-4-12-29-19-11-10-16(23)14-18(19)20(27)25-22(30)24-17-9-7-8-15(13-17)21(28)26(5-2)6-3/h7-11,13-14H,4-6,12H2,1-3H3,(H2,24,25,27,30). The minimum atomic E-state index is -0.379. The third kappa shape index (κ3) is 6.53. The molecule has 6 nitrogen and oxygen atoms in total. The molecule has 0 spiro atoms. The first-order valence-electron chi connectivity index (χ1n) is 9.83. The molecule has 2 aromatic carbocycles. The first-order chi connectivity index (χ1) is 14.4. The highest BCUT2D eigenvalue weighted by Gasteiger charge is 2.16. The molecule has 2 N–H and O–H groups in total. The van der Waals surface area contributed by atoms with Crippen molar-refractivity contribution in [3.63, 3.8) is 0 Å². The van der Waals surface area contributed by atoms with Crippen molar-refractivity contribution >= 4 is 50.8 Å². The van der Waals surface area contributed by atoms with Gasteiger partial charge in [-0.15, -0.1) is 0 Å². The maximum atomic E-state index is 12.7. The van der Waals surface area contributed by atoms with Crippen molar-refractivity contribution in [2.45, 2.75) is 27.2 Å². The normalized spacial score (nSPS) is 10.3. The summed E-state index contributed by atoms with van der Waals surface area (Å²) in [6.07, 6.45) is 0.833. The van der Waals surface area contributed by atoms with E-state index in [1.54, 1.807) is 41.3 Å². The van der Waals surface area contributed by atoms with E-state index >= 15 is 0 Å².